The van der Waals surface area contributed by atoms with Crippen molar-refractivity contribution >= 4 is 0 Å². The molecule has 0 saturated heterocycles. The summed E-state index contributed by atoms with van der Waals surface area (Å²) in [7, 11) is 0. The zero-order chi connectivity index (χ0) is 12.3. The molecule has 2 unspecified atom stereocenters. The molecule has 1 aliphatic carbocycles. The zero-order valence-electron chi connectivity index (χ0n) is 10.9. The maximum atomic E-state index is 5.93. The van der Waals surface area contributed by atoms with Crippen LogP contribution in [-0.4, -0.2) is 12.6 Å². The minimum Gasteiger partial charge on any atom is -0.329 e. The van der Waals surface area contributed by atoms with Crippen LogP contribution in [0.15, 0.2) is 24.3 Å². The lowest BCUT2D eigenvalue weighted by Crippen LogP contribution is -2.35. The van der Waals surface area contributed by atoms with Gasteiger partial charge in [-0.25, -0.2) is 0 Å². The van der Waals surface area contributed by atoms with Crippen LogP contribution in [0.1, 0.15) is 56.2 Å². The van der Waals surface area contributed by atoms with E-state index in [-0.39, 0.29) is 0 Å². The van der Waals surface area contributed by atoms with Gasteiger partial charge >= 0.3 is 0 Å². The number of rotatable bonds is 6. The first-order valence-corrected chi connectivity index (χ1v) is 6.81. The molecule has 1 fully saturated rings. The van der Waals surface area contributed by atoms with Crippen molar-refractivity contribution in [2.75, 3.05) is 6.54 Å². The van der Waals surface area contributed by atoms with Crippen molar-refractivity contribution in [1.29, 1.82) is 0 Å². The Morgan fingerprint density at radius 3 is 2.65 bits per heavy atom. The molecule has 0 bridgehead atoms. The average Bonchev–Trinajstić information content (AvgIpc) is 3.20. The highest BCUT2D eigenvalue weighted by molar-refractivity contribution is 5.35. The van der Waals surface area contributed by atoms with Crippen molar-refractivity contribution in [3.8, 4) is 0 Å². The van der Waals surface area contributed by atoms with Crippen LogP contribution in [-0.2, 0) is 0 Å². The van der Waals surface area contributed by atoms with E-state index in [0.717, 1.165) is 12.3 Å². The number of hydrogen-bond acceptors (Lipinski definition) is 2. The summed E-state index contributed by atoms with van der Waals surface area (Å²) in [5.74, 6) is 0.791. The summed E-state index contributed by atoms with van der Waals surface area (Å²) in [4.78, 5) is 0. The molecule has 1 aromatic rings. The fourth-order valence-electron chi connectivity index (χ4n) is 2.34. The second kappa shape index (κ2) is 5.65. The SMILES string of the molecule is CCC(C)NC(CN)c1ccccc1C1CC1. The summed E-state index contributed by atoms with van der Waals surface area (Å²) in [5.41, 5.74) is 8.86. The van der Waals surface area contributed by atoms with E-state index in [0.29, 0.717) is 18.6 Å². The smallest absolute Gasteiger partial charge is 0.0449 e. The third-order valence-corrected chi connectivity index (χ3v) is 3.72. The number of nitrogens with two attached hydrogens (primary N) is 1. The topological polar surface area (TPSA) is 38.0 Å². The Bertz CT molecular complexity index is 358. The highest BCUT2D eigenvalue weighted by Crippen LogP contribution is 2.42. The van der Waals surface area contributed by atoms with E-state index in [9.17, 15) is 0 Å². The maximum absolute atomic E-state index is 5.93. The van der Waals surface area contributed by atoms with Gasteiger partial charge in [-0.2, -0.15) is 0 Å². The van der Waals surface area contributed by atoms with Crippen molar-refractivity contribution in [1.82, 2.24) is 5.32 Å². The summed E-state index contributed by atoms with van der Waals surface area (Å²) in [6, 6.07) is 9.61. The number of hydrogen-bond donors (Lipinski definition) is 2. The molecule has 0 aliphatic heterocycles. The molecule has 0 amide bonds. The Labute approximate surface area is 105 Å². The van der Waals surface area contributed by atoms with E-state index < -0.39 is 0 Å². The molecule has 2 atom stereocenters. The summed E-state index contributed by atoms with van der Waals surface area (Å²) in [5, 5.41) is 3.63. The van der Waals surface area contributed by atoms with Crippen molar-refractivity contribution in [3.05, 3.63) is 35.4 Å². The number of nitrogens with one attached hydrogen (secondary N) is 1. The molecule has 0 aromatic heterocycles. The fourth-order valence-corrected chi connectivity index (χ4v) is 2.34. The molecule has 0 radical (unpaired) electrons. The molecule has 1 saturated carbocycles. The first kappa shape index (κ1) is 12.6. The van der Waals surface area contributed by atoms with Crippen molar-refractivity contribution in [2.45, 2.75) is 51.1 Å². The first-order chi connectivity index (χ1) is 8.26. The molecule has 2 heteroatoms. The second-order valence-electron chi connectivity index (χ2n) is 5.17. The maximum Gasteiger partial charge on any atom is 0.0449 e. The van der Waals surface area contributed by atoms with Gasteiger partial charge in [0.1, 0.15) is 0 Å². The second-order valence-corrected chi connectivity index (χ2v) is 5.17. The van der Waals surface area contributed by atoms with Gasteiger partial charge in [0.05, 0.1) is 0 Å². The molecule has 17 heavy (non-hydrogen) atoms. The molecule has 0 spiro atoms. The standard InChI is InChI=1S/C15H24N2/c1-3-11(2)17-15(10-16)14-7-5-4-6-13(14)12-8-9-12/h4-7,11-12,15,17H,3,8-10,16H2,1-2H3. The lowest BCUT2D eigenvalue weighted by Gasteiger charge is -2.24. The monoisotopic (exact) mass is 232 g/mol. The molecule has 0 heterocycles. The zero-order valence-corrected chi connectivity index (χ0v) is 10.9. The third-order valence-electron chi connectivity index (χ3n) is 3.72. The Morgan fingerprint density at radius 1 is 1.35 bits per heavy atom. The minimum atomic E-state index is 0.307. The van der Waals surface area contributed by atoms with Gasteiger partial charge in [0.2, 0.25) is 0 Å². The van der Waals surface area contributed by atoms with Crippen molar-refractivity contribution < 1.29 is 0 Å². The van der Waals surface area contributed by atoms with E-state index in [2.05, 4.69) is 43.4 Å². The van der Waals surface area contributed by atoms with Crippen LogP contribution in [0.4, 0.5) is 0 Å². The molecule has 1 aromatic carbocycles. The third kappa shape index (κ3) is 3.08. The Hall–Kier alpha value is -0.860. The Morgan fingerprint density at radius 2 is 2.06 bits per heavy atom. The lowest BCUT2D eigenvalue weighted by molar-refractivity contribution is 0.450. The van der Waals surface area contributed by atoms with Gasteiger partial charge in [-0.1, -0.05) is 31.2 Å². The largest absolute Gasteiger partial charge is 0.329 e. The predicted octanol–water partition coefficient (Wildman–Crippen LogP) is 2.95. The van der Waals surface area contributed by atoms with Crippen LogP contribution in [0.2, 0.25) is 0 Å². The van der Waals surface area contributed by atoms with Gasteiger partial charge in [0, 0.05) is 18.6 Å². The minimum absolute atomic E-state index is 0.307. The van der Waals surface area contributed by atoms with Gasteiger partial charge < -0.3 is 11.1 Å². The van der Waals surface area contributed by atoms with Gasteiger partial charge in [0.25, 0.3) is 0 Å². The number of benzene rings is 1. The van der Waals surface area contributed by atoms with Gasteiger partial charge in [-0.15, -0.1) is 0 Å². The highest BCUT2D eigenvalue weighted by atomic mass is 15.0. The normalized spacial score (nSPS) is 19.0. The van der Waals surface area contributed by atoms with E-state index >= 15 is 0 Å². The predicted molar refractivity (Wildman–Crippen MR) is 73.1 cm³/mol. The molecule has 1 aliphatic rings. The molecule has 94 valence electrons. The van der Waals surface area contributed by atoms with Crippen molar-refractivity contribution in [2.24, 2.45) is 5.73 Å². The van der Waals surface area contributed by atoms with Gasteiger partial charge in [0.15, 0.2) is 0 Å². The molecule has 3 N–H and O–H groups in total. The fraction of sp³-hybridized carbons (Fsp3) is 0.600. The van der Waals surface area contributed by atoms with Crippen LogP contribution >= 0.6 is 0 Å². The van der Waals surface area contributed by atoms with Crippen LogP contribution < -0.4 is 11.1 Å². The summed E-state index contributed by atoms with van der Waals surface area (Å²) in [6.07, 6.45) is 3.83. The van der Waals surface area contributed by atoms with Crippen LogP contribution in [0.5, 0.6) is 0 Å². The molecule has 2 nitrogen and oxygen atoms in total. The Balaban J connectivity index is 2.17. The van der Waals surface area contributed by atoms with Gasteiger partial charge in [-0.05, 0) is 43.2 Å². The van der Waals surface area contributed by atoms with Crippen LogP contribution in [0, 0.1) is 0 Å². The summed E-state index contributed by atoms with van der Waals surface area (Å²) >= 11 is 0. The van der Waals surface area contributed by atoms with Gasteiger partial charge in [-0.3, -0.25) is 0 Å². The van der Waals surface area contributed by atoms with E-state index in [4.69, 9.17) is 5.73 Å². The summed E-state index contributed by atoms with van der Waals surface area (Å²) in [6.45, 7) is 5.11. The highest BCUT2D eigenvalue weighted by Gasteiger charge is 2.27. The molecular formula is C15H24N2. The van der Waals surface area contributed by atoms with E-state index in [1.807, 2.05) is 0 Å². The van der Waals surface area contributed by atoms with Crippen LogP contribution in [0.25, 0.3) is 0 Å². The quantitative estimate of drug-likeness (QED) is 0.791. The lowest BCUT2D eigenvalue weighted by atomic mass is 9.96. The van der Waals surface area contributed by atoms with Crippen LogP contribution in [0.3, 0.4) is 0 Å². The molecule has 2 rings (SSSR count). The van der Waals surface area contributed by atoms with Crippen molar-refractivity contribution in [3.63, 3.8) is 0 Å². The average molecular weight is 232 g/mol. The first-order valence-electron chi connectivity index (χ1n) is 6.81. The Kier molecular flexibility index (Phi) is 4.19. The van der Waals surface area contributed by atoms with E-state index in [1.54, 1.807) is 0 Å². The summed E-state index contributed by atoms with van der Waals surface area (Å²) < 4.78 is 0. The van der Waals surface area contributed by atoms with E-state index in [1.165, 1.54) is 24.0 Å². The molecular weight excluding hydrogens is 208 g/mol.